The predicted molar refractivity (Wildman–Crippen MR) is 114 cm³/mol. The molecule has 0 spiro atoms. The first-order chi connectivity index (χ1) is 13.4. The van der Waals surface area contributed by atoms with Crippen molar-refractivity contribution in [2.75, 3.05) is 4.90 Å². The van der Waals surface area contributed by atoms with Crippen LogP contribution in [-0.2, 0) is 16.9 Å². The van der Waals surface area contributed by atoms with Crippen LogP contribution in [0, 0.1) is 0 Å². The van der Waals surface area contributed by atoms with Gasteiger partial charge in [0.1, 0.15) is 0 Å². The van der Waals surface area contributed by atoms with Crippen LogP contribution in [0.25, 0.3) is 0 Å². The van der Waals surface area contributed by atoms with E-state index in [-0.39, 0.29) is 12.2 Å². The maximum Gasteiger partial charge on any atom is 0.264 e. The summed E-state index contributed by atoms with van der Waals surface area (Å²) in [6, 6.07) is 17.9. The van der Waals surface area contributed by atoms with Crippen LogP contribution in [-0.4, -0.2) is 16.8 Å². The van der Waals surface area contributed by atoms with Crippen LogP contribution in [0.2, 0.25) is 5.02 Å². The molecule has 0 aliphatic carbocycles. The van der Waals surface area contributed by atoms with Crippen molar-refractivity contribution in [1.82, 2.24) is 0 Å². The van der Waals surface area contributed by atoms with Gasteiger partial charge in [0.05, 0.1) is 27.3 Å². The van der Waals surface area contributed by atoms with Gasteiger partial charge in [0, 0.05) is 10.6 Å². The van der Waals surface area contributed by atoms with Crippen molar-refractivity contribution in [3.05, 3.63) is 85.5 Å². The molecular weight excluding hydrogens is 462 g/mol. The van der Waals surface area contributed by atoms with E-state index in [1.54, 1.807) is 30.3 Å². The predicted octanol–water partition coefficient (Wildman–Crippen LogP) is 5.17. The number of hydrogen-bond donors (Lipinski definition) is 1. The largest absolute Gasteiger partial charge is 0.375 e. The van der Waals surface area contributed by atoms with Crippen molar-refractivity contribution in [1.29, 1.82) is 0 Å². The van der Waals surface area contributed by atoms with E-state index in [1.165, 1.54) is 16.2 Å². The Bertz CT molecular complexity index is 1070. The van der Waals surface area contributed by atoms with Crippen molar-refractivity contribution in [3.8, 4) is 0 Å². The Kier molecular flexibility index (Phi) is 5.14. The molecule has 1 aliphatic heterocycles. The van der Waals surface area contributed by atoms with Gasteiger partial charge in [-0.2, -0.15) is 0 Å². The number of nitrogens with zero attached hydrogens (tertiary/aromatic N) is 1. The molecule has 3 aromatic rings. The SMILES string of the molecule is O=C(C[C@@]1(O)C(=O)N(Cc2ccccc2)c2ccc(Cl)cc21)c1ccc(Br)s1. The van der Waals surface area contributed by atoms with Gasteiger partial charge < -0.3 is 10.0 Å². The molecule has 2 heterocycles. The second-order valence-corrected chi connectivity index (χ2v) is 9.50. The highest BCUT2D eigenvalue weighted by atomic mass is 79.9. The molecule has 7 heteroatoms. The summed E-state index contributed by atoms with van der Waals surface area (Å²) >= 11 is 10.7. The third-order valence-electron chi connectivity index (χ3n) is 4.74. The van der Waals surface area contributed by atoms with Crippen molar-refractivity contribution >= 4 is 56.2 Å². The molecule has 0 unspecified atom stereocenters. The Labute approximate surface area is 179 Å². The number of fused-ring (bicyclic) bond motifs is 1. The smallest absolute Gasteiger partial charge is 0.264 e. The molecule has 0 saturated carbocycles. The number of thiophene rings is 1. The first-order valence-electron chi connectivity index (χ1n) is 8.55. The third kappa shape index (κ3) is 3.42. The van der Waals surface area contributed by atoms with Crippen molar-refractivity contribution < 1.29 is 14.7 Å². The third-order valence-corrected chi connectivity index (χ3v) is 6.64. The first-order valence-corrected chi connectivity index (χ1v) is 10.5. The minimum Gasteiger partial charge on any atom is -0.375 e. The van der Waals surface area contributed by atoms with Crippen LogP contribution in [0.15, 0.2) is 64.5 Å². The number of amides is 1. The Balaban J connectivity index is 1.72. The minimum atomic E-state index is -1.94. The molecule has 142 valence electrons. The van der Waals surface area contributed by atoms with E-state index in [4.69, 9.17) is 11.6 Å². The minimum absolute atomic E-state index is 0.293. The maximum atomic E-state index is 13.2. The Morgan fingerprint density at radius 1 is 1.14 bits per heavy atom. The van der Waals surface area contributed by atoms with E-state index in [1.807, 2.05) is 30.3 Å². The van der Waals surface area contributed by atoms with Gasteiger partial charge in [-0.05, 0) is 51.8 Å². The number of ketones is 1. The second kappa shape index (κ2) is 7.44. The fourth-order valence-corrected chi connectivity index (χ4v) is 4.90. The van der Waals surface area contributed by atoms with E-state index in [9.17, 15) is 14.7 Å². The molecule has 0 radical (unpaired) electrons. The summed E-state index contributed by atoms with van der Waals surface area (Å²) in [5.41, 5.74) is -0.0805. The van der Waals surface area contributed by atoms with Crippen molar-refractivity contribution in [3.63, 3.8) is 0 Å². The van der Waals surface area contributed by atoms with Crippen LogP contribution in [0.5, 0.6) is 0 Å². The summed E-state index contributed by atoms with van der Waals surface area (Å²) in [5, 5.41) is 11.7. The van der Waals surface area contributed by atoms with Crippen molar-refractivity contribution in [2.45, 2.75) is 18.6 Å². The second-order valence-electron chi connectivity index (χ2n) is 6.60. The molecule has 4 rings (SSSR count). The van der Waals surface area contributed by atoms with Gasteiger partial charge in [0.2, 0.25) is 0 Å². The number of anilines is 1. The molecule has 2 aromatic carbocycles. The average Bonchev–Trinajstić information content (AvgIpc) is 3.19. The molecule has 1 atom stereocenters. The lowest BCUT2D eigenvalue weighted by Gasteiger charge is -2.22. The average molecular weight is 477 g/mol. The van der Waals surface area contributed by atoms with Gasteiger partial charge in [-0.25, -0.2) is 0 Å². The number of rotatable bonds is 5. The monoisotopic (exact) mass is 475 g/mol. The summed E-state index contributed by atoms with van der Waals surface area (Å²) in [6.45, 7) is 0.301. The molecule has 1 amide bonds. The van der Waals surface area contributed by atoms with Gasteiger partial charge >= 0.3 is 0 Å². The number of carbonyl (C=O) groups is 2. The zero-order valence-electron chi connectivity index (χ0n) is 14.6. The van der Waals surface area contributed by atoms with E-state index in [0.717, 1.165) is 9.35 Å². The normalized spacial score (nSPS) is 18.4. The number of aliphatic hydroxyl groups is 1. The van der Waals surface area contributed by atoms with E-state index in [0.29, 0.717) is 27.7 Å². The summed E-state index contributed by atoms with van der Waals surface area (Å²) in [4.78, 5) is 28.0. The number of halogens is 2. The zero-order chi connectivity index (χ0) is 19.9. The number of carbonyl (C=O) groups excluding carboxylic acids is 2. The fourth-order valence-electron chi connectivity index (χ4n) is 3.40. The van der Waals surface area contributed by atoms with Gasteiger partial charge in [0.15, 0.2) is 11.4 Å². The molecule has 0 saturated heterocycles. The standard InChI is InChI=1S/C21H15BrClNO3S/c22-19-9-8-18(28-19)17(25)11-21(27)15-10-14(23)6-7-16(15)24(20(21)26)12-13-4-2-1-3-5-13/h1-10,27H,11-12H2/t21-/m0/s1. The van der Waals surface area contributed by atoms with Gasteiger partial charge in [-0.15, -0.1) is 11.3 Å². The van der Waals surface area contributed by atoms with E-state index in [2.05, 4.69) is 15.9 Å². The summed E-state index contributed by atoms with van der Waals surface area (Å²) in [6.07, 6.45) is -0.336. The van der Waals surface area contributed by atoms with Gasteiger partial charge in [-0.1, -0.05) is 41.9 Å². The van der Waals surface area contributed by atoms with E-state index >= 15 is 0 Å². The van der Waals surface area contributed by atoms with Crippen LogP contribution in [0.1, 0.15) is 27.2 Å². The molecule has 28 heavy (non-hydrogen) atoms. The highest BCUT2D eigenvalue weighted by molar-refractivity contribution is 9.11. The van der Waals surface area contributed by atoms with Gasteiger partial charge in [-0.3, -0.25) is 9.59 Å². The molecule has 1 N–H and O–H groups in total. The lowest BCUT2D eigenvalue weighted by Crippen LogP contribution is -2.41. The highest BCUT2D eigenvalue weighted by Crippen LogP contribution is 2.45. The summed E-state index contributed by atoms with van der Waals surface area (Å²) in [7, 11) is 0. The first kappa shape index (κ1) is 19.3. The molecular formula is C21H15BrClNO3S. The Morgan fingerprint density at radius 3 is 2.57 bits per heavy atom. The lowest BCUT2D eigenvalue weighted by molar-refractivity contribution is -0.136. The quantitative estimate of drug-likeness (QED) is 0.517. The highest BCUT2D eigenvalue weighted by Gasteiger charge is 2.51. The Morgan fingerprint density at radius 2 is 1.89 bits per heavy atom. The number of Topliss-reactive ketones (excluding diaryl/α,β-unsaturated/α-hetero) is 1. The molecule has 4 nitrogen and oxygen atoms in total. The summed E-state index contributed by atoms with van der Waals surface area (Å²) < 4.78 is 0.815. The van der Waals surface area contributed by atoms with Crippen molar-refractivity contribution in [2.24, 2.45) is 0 Å². The molecule has 1 aliphatic rings. The van der Waals surface area contributed by atoms with E-state index < -0.39 is 11.5 Å². The molecule has 0 bridgehead atoms. The Hall–Kier alpha value is -1.99. The fraction of sp³-hybridized carbons (Fsp3) is 0.143. The van der Waals surface area contributed by atoms with Crippen LogP contribution in [0.4, 0.5) is 5.69 Å². The number of hydrogen-bond acceptors (Lipinski definition) is 4. The molecule has 1 aromatic heterocycles. The topological polar surface area (TPSA) is 57.6 Å². The summed E-state index contributed by atoms with van der Waals surface area (Å²) in [5.74, 6) is -0.809. The zero-order valence-corrected chi connectivity index (χ0v) is 17.7. The van der Waals surface area contributed by atoms with Crippen LogP contribution >= 0.6 is 38.9 Å². The van der Waals surface area contributed by atoms with Crippen LogP contribution < -0.4 is 4.90 Å². The molecule has 0 fully saturated rings. The number of benzene rings is 2. The maximum absolute atomic E-state index is 13.2. The van der Waals surface area contributed by atoms with Gasteiger partial charge in [0.25, 0.3) is 5.91 Å². The lowest BCUT2D eigenvalue weighted by atomic mass is 9.89. The van der Waals surface area contributed by atoms with Crippen LogP contribution in [0.3, 0.4) is 0 Å².